The molecule has 4 heteroatoms. The Balaban J connectivity index is 1.78. The lowest BCUT2D eigenvalue weighted by molar-refractivity contribution is 0.565. The maximum Gasteiger partial charge on any atom is 0.126 e. The third-order valence-electron chi connectivity index (χ3n) is 3.74. The van der Waals surface area contributed by atoms with Crippen molar-refractivity contribution in [3.63, 3.8) is 0 Å². The Morgan fingerprint density at radius 3 is 3.05 bits per heavy atom. The van der Waals surface area contributed by atoms with Crippen LogP contribution in [0.25, 0.3) is 11.3 Å². The molecule has 1 fully saturated rings. The highest BCUT2D eigenvalue weighted by molar-refractivity contribution is 5.59. The summed E-state index contributed by atoms with van der Waals surface area (Å²) in [6.45, 7) is 3.96. The highest BCUT2D eigenvalue weighted by Gasteiger charge is 2.16. The van der Waals surface area contributed by atoms with Crippen LogP contribution >= 0.6 is 0 Å². The highest BCUT2D eigenvalue weighted by Crippen LogP contribution is 2.21. The van der Waals surface area contributed by atoms with Crippen molar-refractivity contribution in [1.82, 2.24) is 15.3 Å². The maximum absolute atomic E-state index is 13.3. The average molecular weight is 259 g/mol. The molecule has 1 aliphatic rings. The molecular weight excluding hydrogens is 241 g/mol. The van der Waals surface area contributed by atoms with Crippen molar-refractivity contribution in [2.24, 2.45) is 5.92 Å². The summed E-state index contributed by atoms with van der Waals surface area (Å²) in [7, 11) is 0. The zero-order chi connectivity index (χ0) is 13.2. The van der Waals surface area contributed by atoms with E-state index in [-0.39, 0.29) is 5.82 Å². The van der Waals surface area contributed by atoms with Crippen LogP contribution in [0.15, 0.2) is 24.4 Å². The first-order valence-electron chi connectivity index (χ1n) is 6.73. The van der Waals surface area contributed by atoms with Gasteiger partial charge in [0.25, 0.3) is 0 Å². The van der Waals surface area contributed by atoms with Gasteiger partial charge in [-0.15, -0.1) is 0 Å². The molecule has 3 rings (SSSR count). The summed E-state index contributed by atoms with van der Waals surface area (Å²) in [5, 5.41) is 3.36. The summed E-state index contributed by atoms with van der Waals surface area (Å²) in [6, 6.07) is 5.15. The molecule has 1 atom stereocenters. The lowest BCUT2D eigenvalue weighted by Gasteiger charge is -2.05. The fourth-order valence-electron chi connectivity index (χ4n) is 2.59. The van der Waals surface area contributed by atoms with Gasteiger partial charge in [-0.3, -0.25) is 0 Å². The molecule has 0 aliphatic carbocycles. The number of benzene rings is 1. The second kappa shape index (κ2) is 5.13. The molecule has 1 aromatic carbocycles. The number of aryl methyl sites for hydroxylation is 1. The van der Waals surface area contributed by atoms with E-state index in [4.69, 9.17) is 0 Å². The van der Waals surface area contributed by atoms with Crippen LogP contribution in [0.2, 0.25) is 0 Å². The molecular formula is C15H18FN3. The zero-order valence-electron chi connectivity index (χ0n) is 11.0. The first-order valence-corrected chi connectivity index (χ1v) is 6.73. The van der Waals surface area contributed by atoms with E-state index >= 15 is 0 Å². The molecule has 2 aromatic rings. The van der Waals surface area contributed by atoms with Gasteiger partial charge in [-0.1, -0.05) is 0 Å². The van der Waals surface area contributed by atoms with Gasteiger partial charge in [-0.2, -0.15) is 0 Å². The Hall–Kier alpha value is -1.68. The highest BCUT2D eigenvalue weighted by atomic mass is 19.1. The molecule has 0 spiro atoms. The van der Waals surface area contributed by atoms with Crippen molar-refractivity contribution in [3.8, 4) is 11.3 Å². The van der Waals surface area contributed by atoms with E-state index in [1.165, 1.54) is 12.5 Å². The molecule has 0 bridgehead atoms. The minimum Gasteiger partial charge on any atom is -0.342 e. The van der Waals surface area contributed by atoms with E-state index in [1.54, 1.807) is 13.0 Å². The number of imidazole rings is 1. The minimum absolute atomic E-state index is 0.166. The second-order valence-electron chi connectivity index (χ2n) is 5.27. The fraction of sp³-hybridized carbons (Fsp3) is 0.400. The van der Waals surface area contributed by atoms with Crippen LogP contribution in [-0.2, 0) is 6.42 Å². The predicted octanol–water partition coefficient (Wildman–Crippen LogP) is 2.68. The number of halogens is 1. The van der Waals surface area contributed by atoms with Gasteiger partial charge in [-0.05, 0) is 56.1 Å². The smallest absolute Gasteiger partial charge is 0.126 e. The topological polar surface area (TPSA) is 40.7 Å². The molecule has 19 heavy (non-hydrogen) atoms. The molecule has 1 saturated heterocycles. The Labute approximate surface area is 112 Å². The number of H-pyrrole nitrogens is 1. The number of nitrogens with zero attached hydrogens (tertiary/aromatic N) is 1. The van der Waals surface area contributed by atoms with E-state index in [1.807, 2.05) is 12.3 Å². The lowest BCUT2D eigenvalue weighted by Crippen LogP contribution is -2.11. The van der Waals surface area contributed by atoms with Gasteiger partial charge in [0.05, 0.1) is 11.9 Å². The van der Waals surface area contributed by atoms with Gasteiger partial charge in [0.1, 0.15) is 11.6 Å². The Kier molecular flexibility index (Phi) is 3.34. The van der Waals surface area contributed by atoms with Gasteiger partial charge in [0, 0.05) is 12.0 Å². The first-order chi connectivity index (χ1) is 9.22. The molecule has 2 N–H and O–H groups in total. The van der Waals surface area contributed by atoms with E-state index in [2.05, 4.69) is 15.3 Å². The summed E-state index contributed by atoms with van der Waals surface area (Å²) >= 11 is 0. The molecule has 0 saturated carbocycles. The average Bonchev–Trinajstić information content (AvgIpc) is 3.05. The Morgan fingerprint density at radius 2 is 2.32 bits per heavy atom. The van der Waals surface area contributed by atoms with Crippen molar-refractivity contribution in [3.05, 3.63) is 41.6 Å². The van der Waals surface area contributed by atoms with Crippen LogP contribution in [0.1, 0.15) is 17.8 Å². The standard InChI is InChI=1S/C15H18FN3/c1-10-6-12(2-3-13(10)16)14-9-18-15(19-14)7-11-4-5-17-8-11/h2-3,6,9,11,17H,4-5,7-8H2,1H3,(H,18,19). The molecule has 100 valence electrons. The van der Waals surface area contributed by atoms with Crippen molar-refractivity contribution in [2.75, 3.05) is 13.1 Å². The Bertz CT molecular complexity index is 571. The summed E-state index contributed by atoms with van der Waals surface area (Å²) < 4.78 is 13.3. The van der Waals surface area contributed by atoms with Gasteiger partial charge in [0.2, 0.25) is 0 Å². The molecule has 1 aromatic heterocycles. The molecule has 1 aliphatic heterocycles. The summed E-state index contributed by atoms with van der Waals surface area (Å²) in [4.78, 5) is 7.77. The summed E-state index contributed by atoms with van der Waals surface area (Å²) in [5.74, 6) is 1.53. The Morgan fingerprint density at radius 1 is 1.42 bits per heavy atom. The zero-order valence-corrected chi connectivity index (χ0v) is 11.0. The van der Waals surface area contributed by atoms with E-state index in [9.17, 15) is 4.39 Å². The quantitative estimate of drug-likeness (QED) is 0.889. The third kappa shape index (κ3) is 2.68. The summed E-state index contributed by atoms with van der Waals surface area (Å²) in [5.41, 5.74) is 2.61. The van der Waals surface area contributed by atoms with E-state index in [0.717, 1.165) is 36.6 Å². The van der Waals surface area contributed by atoms with Crippen molar-refractivity contribution in [2.45, 2.75) is 19.8 Å². The maximum atomic E-state index is 13.3. The SMILES string of the molecule is Cc1cc(-c2cnc(CC3CCNC3)[nH]2)ccc1F. The first kappa shape index (κ1) is 12.4. The van der Waals surface area contributed by atoms with Gasteiger partial charge >= 0.3 is 0 Å². The van der Waals surface area contributed by atoms with Crippen LogP contribution in [0.3, 0.4) is 0 Å². The van der Waals surface area contributed by atoms with Crippen molar-refractivity contribution in [1.29, 1.82) is 0 Å². The summed E-state index contributed by atoms with van der Waals surface area (Å²) in [6.07, 6.45) is 4.03. The van der Waals surface area contributed by atoms with Gasteiger partial charge in [-0.25, -0.2) is 9.37 Å². The normalized spacial score (nSPS) is 18.9. The van der Waals surface area contributed by atoms with Crippen LogP contribution in [0.5, 0.6) is 0 Å². The van der Waals surface area contributed by atoms with Gasteiger partial charge < -0.3 is 10.3 Å². The van der Waals surface area contributed by atoms with Crippen LogP contribution in [0.4, 0.5) is 4.39 Å². The molecule has 3 nitrogen and oxygen atoms in total. The number of hydrogen-bond donors (Lipinski definition) is 2. The molecule has 0 amide bonds. The predicted molar refractivity (Wildman–Crippen MR) is 73.4 cm³/mol. The minimum atomic E-state index is -0.166. The molecule has 0 radical (unpaired) electrons. The van der Waals surface area contributed by atoms with E-state index < -0.39 is 0 Å². The second-order valence-corrected chi connectivity index (χ2v) is 5.27. The number of nitrogens with one attached hydrogen (secondary N) is 2. The largest absolute Gasteiger partial charge is 0.342 e. The van der Waals surface area contributed by atoms with E-state index in [0.29, 0.717) is 11.5 Å². The van der Waals surface area contributed by atoms with Gasteiger partial charge in [0.15, 0.2) is 0 Å². The fourth-order valence-corrected chi connectivity index (χ4v) is 2.59. The van der Waals surface area contributed by atoms with Crippen molar-refractivity contribution < 1.29 is 4.39 Å². The molecule has 2 heterocycles. The monoisotopic (exact) mass is 259 g/mol. The van der Waals surface area contributed by atoms with Crippen LogP contribution < -0.4 is 5.32 Å². The molecule has 1 unspecified atom stereocenters. The number of aromatic amines is 1. The van der Waals surface area contributed by atoms with Crippen LogP contribution in [0, 0.1) is 18.7 Å². The van der Waals surface area contributed by atoms with Crippen LogP contribution in [-0.4, -0.2) is 23.1 Å². The third-order valence-corrected chi connectivity index (χ3v) is 3.74. The lowest BCUT2D eigenvalue weighted by atomic mass is 10.1. The van der Waals surface area contributed by atoms with Crippen molar-refractivity contribution >= 4 is 0 Å². The number of rotatable bonds is 3. The number of aromatic nitrogens is 2. The number of hydrogen-bond acceptors (Lipinski definition) is 2.